The number of fused-ring (bicyclic) bond motifs is 1. The molecule has 0 fully saturated rings. The zero-order valence-corrected chi connectivity index (χ0v) is 13.5. The SMILES string of the molecule is Fc1cc2c(cc1Br)nc(CCCl)n2Cc1cncs1. The summed E-state index contributed by atoms with van der Waals surface area (Å²) in [4.78, 5) is 9.72. The number of thiazole rings is 1. The van der Waals surface area contributed by atoms with Gasteiger partial charge in [-0.05, 0) is 22.0 Å². The summed E-state index contributed by atoms with van der Waals surface area (Å²) in [6, 6.07) is 3.21. The Hall–Kier alpha value is -0.980. The highest BCUT2D eigenvalue weighted by Gasteiger charge is 2.14. The molecule has 0 spiro atoms. The molecule has 104 valence electrons. The van der Waals surface area contributed by atoms with Crippen LogP contribution in [0.1, 0.15) is 10.7 Å². The predicted molar refractivity (Wildman–Crippen MR) is 83.0 cm³/mol. The normalized spacial score (nSPS) is 11.3. The number of nitrogens with zero attached hydrogens (tertiary/aromatic N) is 3. The molecule has 0 saturated carbocycles. The maximum atomic E-state index is 13.8. The maximum absolute atomic E-state index is 13.8. The van der Waals surface area contributed by atoms with Crippen LogP contribution in [0.25, 0.3) is 11.0 Å². The molecule has 20 heavy (non-hydrogen) atoms. The predicted octanol–water partition coefficient (Wildman–Crippen LogP) is 4.22. The van der Waals surface area contributed by atoms with Crippen LogP contribution < -0.4 is 0 Å². The van der Waals surface area contributed by atoms with E-state index in [4.69, 9.17) is 11.6 Å². The van der Waals surface area contributed by atoms with Gasteiger partial charge in [-0.2, -0.15) is 0 Å². The molecule has 0 saturated heterocycles. The van der Waals surface area contributed by atoms with Crippen LogP contribution in [0.5, 0.6) is 0 Å². The summed E-state index contributed by atoms with van der Waals surface area (Å²) in [5, 5.41) is 0. The van der Waals surface area contributed by atoms with Crippen molar-refractivity contribution in [1.29, 1.82) is 0 Å². The minimum atomic E-state index is -0.291. The van der Waals surface area contributed by atoms with E-state index in [0.29, 0.717) is 23.3 Å². The lowest BCUT2D eigenvalue weighted by atomic mass is 10.3. The Morgan fingerprint density at radius 1 is 1.40 bits per heavy atom. The smallest absolute Gasteiger partial charge is 0.139 e. The van der Waals surface area contributed by atoms with Crippen molar-refractivity contribution >= 4 is 49.9 Å². The van der Waals surface area contributed by atoms with Gasteiger partial charge in [-0.25, -0.2) is 9.37 Å². The van der Waals surface area contributed by atoms with E-state index in [1.807, 2.05) is 10.8 Å². The molecule has 2 aromatic heterocycles. The number of alkyl halides is 1. The lowest BCUT2D eigenvalue weighted by Gasteiger charge is -2.06. The molecule has 0 atom stereocenters. The second-order valence-corrected chi connectivity index (χ2v) is 6.48. The number of aryl methyl sites for hydroxylation is 1. The maximum Gasteiger partial charge on any atom is 0.139 e. The topological polar surface area (TPSA) is 30.7 Å². The van der Waals surface area contributed by atoms with Gasteiger partial charge in [0.1, 0.15) is 11.6 Å². The van der Waals surface area contributed by atoms with Crippen molar-refractivity contribution in [3.8, 4) is 0 Å². The van der Waals surface area contributed by atoms with Gasteiger partial charge in [0, 0.05) is 29.4 Å². The Kier molecular flexibility index (Phi) is 4.05. The van der Waals surface area contributed by atoms with Gasteiger partial charge in [0.25, 0.3) is 0 Å². The number of rotatable bonds is 4. The van der Waals surface area contributed by atoms with Crippen molar-refractivity contribution in [3.63, 3.8) is 0 Å². The van der Waals surface area contributed by atoms with E-state index >= 15 is 0 Å². The van der Waals surface area contributed by atoms with Crippen LogP contribution in [0.15, 0.2) is 28.3 Å². The molecule has 0 aliphatic rings. The molecule has 0 aliphatic carbocycles. The number of aromatic nitrogens is 3. The fraction of sp³-hybridized carbons (Fsp3) is 0.231. The number of hydrogen-bond acceptors (Lipinski definition) is 3. The Bertz CT molecular complexity index is 742. The third-order valence-electron chi connectivity index (χ3n) is 2.98. The fourth-order valence-corrected chi connectivity index (χ4v) is 3.18. The van der Waals surface area contributed by atoms with Gasteiger partial charge in [0.2, 0.25) is 0 Å². The van der Waals surface area contributed by atoms with Crippen molar-refractivity contribution < 1.29 is 4.39 Å². The number of benzene rings is 1. The number of imidazole rings is 1. The molecule has 0 aliphatic heterocycles. The lowest BCUT2D eigenvalue weighted by Crippen LogP contribution is -2.05. The molecular formula is C13H10BrClFN3S. The van der Waals surface area contributed by atoms with Crippen LogP contribution in [-0.4, -0.2) is 20.4 Å². The van der Waals surface area contributed by atoms with Gasteiger partial charge in [-0.15, -0.1) is 22.9 Å². The van der Waals surface area contributed by atoms with E-state index in [-0.39, 0.29) is 5.82 Å². The molecule has 3 aromatic rings. The zero-order valence-electron chi connectivity index (χ0n) is 10.3. The Morgan fingerprint density at radius 3 is 2.95 bits per heavy atom. The van der Waals surface area contributed by atoms with Gasteiger partial charge < -0.3 is 4.57 Å². The molecule has 0 amide bonds. The number of hydrogen-bond donors (Lipinski definition) is 0. The highest BCUT2D eigenvalue weighted by molar-refractivity contribution is 9.10. The Labute approximate surface area is 132 Å². The summed E-state index contributed by atoms with van der Waals surface area (Å²) in [6.45, 7) is 0.633. The second kappa shape index (κ2) is 5.79. The molecular weight excluding hydrogens is 365 g/mol. The van der Waals surface area contributed by atoms with Gasteiger partial charge in [-0.1, -0.05) is 0 Å². The summed E-state index contributed by atoms with van der Waals surface area (Å²) in [7, 11) is 0. The quantitative estimate of drug-likeness (QED) is 0.640. The van der Waals surface area contributed by atoms with Crippen molar-refractivity contribution in [1.82, 2.24) is 14.5 Å². The first-order valence-electron chi connectivity index (χ1n) is 5.96. The van der Waals surface area contributed by atoms with Crippen molar-refractivity contribution in [2.24, 2.45) is 0 Å². The molecule has 7 heteroatoms. The standard InChI is InChI=1S/C13H10BrClFN3S/c14-9-3-11-12(4-10(9)16)19(13(18-11)1-2-15)6-8-5-17-7-20-8/h3-5,7H,1-2,6H2. The molecule has 0 unspecified atom stereocenters. The highest BCUT2D eigenvalue weighted by atomic mass is 79.9. The molecule has 0 radical (unpaired) electrons. The minimum Gasteiger partial charge on any atom is -0.322 e. The van der Waals surface area contributed by atoms with E-state index < -0.39 is 0 Å². The monoisotopic (exact) mass is 373 g/mol. The van der Waals surface area contributed by atoms with E-state index in [1.165, 1.54) is 6.07 Å². The van der Waals surface area contributed by atoms with E-state index in [1.54, 1.807) is 22.9 Å². The average Bonchev–Trinajstić information content (AvgIpc) is 3.02. The molecule has 2 heterocycles. The van der Waals surface area contributed by atoms with E-state index in [0.717, 1.165) is 21.7 Å². The van der Waals surface area contributed by atoms with Crippen LogP contribution in [0, 0.1) is 5.82 Å². The lowest BCUT2D eigenvalue weighted by molar-refractivity contribution is 0.621. The first-order chi connectivity index (χ1) is 9.69. The van der Waals surface area contributed by atoms with Gasteiger partial charge in [0.15, 0.2) is 0 Å². The summed E-state index contributed by atoms with van der Waals surface area (Å²) in [5.41, 5.74) is 3.33. The summed E-state index contributed by atoms with van der Waals surface area (Å²) in [5.74, 6) is 1.05. The molecule has 1 aromatic carbocycles. The van der Waals surface area contributed by atoms with Crippen molar-refractivity contribution in [3.05, 3.63) is 44.8 Å². The van der Waals surface area contributed by atoms with Gasteiger partial charge in [0.05, 0.1) is 27.6 Å². The van der Waals surface area contributed by atoms with E-state index in [9.17, 15) is 4.39 Å². The summed E-state index contributed by atoms with van der Waals surface area (Å²) in [6.07, 6.45) is 2.46. The molecule has 3 rings (SSSR count). The second-order valence-electron chi connectivity index (χ2n) is 4.28. The average molecular weight is 375 g/mol. The van der Waals surface area contributed by atoms with Crippen LogP contribution in [-0.2, 0) is 13.0 Å². The first kappa shape index (κ1) is 14.0. The molecule has 0 bridgehead atoms. The number of halogens is 3. The molecule has 3 nitrogen and oxygen atoms in total. The van der Waals surface area contributed by atoms with E-state index in [2.05, 4.69) is 25.9 Å². The van der Waals surface area contributed by atoms with Crippen molar-refractivity contribution in [2.75, 3.05) is 5.88 Å². The van der Waals surface area contributed by atoms with Gasteiger partial charge >= 0.3 is 0 Å². The van der Waals surface area contributed by atoms with Crippen LogP contribution in [0.4, 0.5) is 4.39 Å². The largest absolute Gasteiger partial charge is 0.322 e. The Balaban J connectivity index is 2.15. The molecule has 0 N–H and O–H groups in total. The summed E-state index contributed by atoms with van der Waals surface area (Å²) < 4.78 is 16.2. The van der Waals surface area contributed by atoms with Crippen LogP contribution in [0.3, 0.4) is 0 Å². The third-order valence-corrected chi connectivity index (χ3v) is 4.55. The highest BCUT2D eigenvalue weighted by Crippen LogP contribution is 2.25. The van der Waals surface area contributed by atoms with Crippen LogP contribution in [0.2, 0.25) is 0 Å². The van der Waals surface area contributed by atoms with Gasteiger partial charge in [-0.3, -0.25) is 4.98 Å². The fourth-order valence-electron chi connectivity index (χ4n) is 2.10. The van der Waals surface area contributed by atoms with Crippen molar-refractivity contribution in [2.45, 2.75) is 13.0 Å². The first-order valence-corrected chi connectivity index (χ1v) is 8.17. The minimum absolute atomic E-state index is 0.291. The zero-order chi connectivity index (χ0) is 14.1. The van der Waals surface area contributed by atoms with Crippen LogP contribution >= 0.6 is 38.9 Å². The third kappa shape index (κ3) is 2.60. The Morgan fingerprint density at radius 2 is 2.25 bits per heavy atom. The summed E-state index contributed by atoms with van der Waals surface area (Å²) >= 11 is 10.6.